The van der Waals surface area contributed by atoms with Crippen LogP contribution >= 0.6 is 0 Å². The van der Waals surface area contributed by atoms with Gasteiger partial charge in [-0.1, -0.05) is 29.8 Å². The number of carbonyl (C=O) groups is 1. The predicted octanol–water partition coefficient (Wildman–Crippen LogP) is 1.71. The van der Waals surface area contributed by atoms with Gasteiger partial charge in [-0.25, -0.2) is 0 Å². The van der Waals surface area contributed by atoms with E-state index in [4.69, 9.17) is 9.47 Å². The van der Waals surface area contributed by atoms with Gasteiger partial charge in [0.1, 0.15) is 0 Å². The molecule has 1 amide bonds. The summed E-state index contributed by atoms with van der Waals surface area (Å²) < 4.78 is 10.2. The highest BCUT2D eigenvalue weighted by Crippen LogP contribution is 2.03. The van der Waals surface area contributed by atoms with Crippen molar-refractivity contribution in [3.05, 3.63) is 35.4 Å². The fraction of sp³-hybridized carbons (Fsp3) is 0.533. The third-order valence-electron chi connectivity index (χ3n) is 2.70. The van der Waals surface area contributed by atoms with Gasteiger partial charge in [0.05, 0.1) is 19.6 Å². The van der Waals surface area contributed by atoms with Crippen LogP contribution in [0.2, 0.25) is 0 Å². The minimum Gasteiger partial charge on any atom is -0.382 e. The summed E-state index contributed by atoms with van der Waals surface area (Å²) in [6.45, 7) is 4.55. The molecule has 0 aliphatic rings. The van der Waals surface area contributed by atoms with E-state index in [1.54, 1.807) is 7.11 Å². The van der Waals surface area contributed by atoms with Gasteiger partial charge < -0.3 is 14.8 Å². The lowest BCUT2D eigenvalue weighted by molar-refractivity contribution is -0.120. The fourth-order valence-electron chi connectivity index (χ4n) is 1.60. The number of hydrogen-bond donors (Lipinski definition) is 1. The second-order valence-corrected chi connectivity index (χ2v) is 4.47. The minimum absolute atomic E-state index is 0.0562. The van der Waals surface area contributed by atoms with Gasteiger partial charge in [0.15, 0.2) is 0 Å². The summed E-state index contributed by atoms with van der Waals surface area (Å²) in [4.78, 5) is 11.7. The van der Waals surface area contributed by atoms with Gasteiger partial charge >= 0.3 is 0 Å². The van der Waals surface area contributed by atoms with Crippen LogP contribution in [-0.4, -0.2) is 39.4 Å². The number of hydrogen-bond acceptors (Lipinski definition) is 3. The summed E-state index contributed by atoms with van der Waals surface area (Å²) in [7, 11) is 1.65. The SMILES string of the molecule is COCCOCCCNC(=O)Cc1ccc(C)cc1. The molecule has 0 aromatic heterocycles. The summed E-state index contributed by atoms with van der Waals surface area (Å²) in [6.07, 6.45) is 1.26. The highest BCUT2D eigenvalue weighted by molar-refractivity contribution is 5.78. The van der Waals surface area contributed by atoms with Gasteiger partial charge in [-0.15, -0.1) is 0 Å². The number of methoxy groups -OCH3 is 1. The van der Waals surface area contributed by atoms with Crippen LogP contribution in [0.5, 0.6) is 0 Å². The Kier molecular flexibility index (Phi) is 7.86. The maximum absolute atomic E-state index is 11.7. The molecule has 0 saturated carbocycles. The lowest BCUT2D eigenvalue weighted by Gasteiger charge is -2.06. The molecule has 0 spiro atoms. The van der Waals surface area contributed by atoms with Gasteiger partial charge in [-0.2, -0.15) is 0 Å². The zero-order valence-corrected chi connectivity index (χ0v) is 11.8. The average Bonchev–Trinajstić information content (AvgIpc) is 2.40. The van der Waals surface area contributed by atoms with Crippen LogP contribution in [-0.2, 0) is 20.7 Å². The molecule has 4 heteroatoms. The molecule has 0 atom stereocenters. The van der Waals surface area contributed by atoms with Crippen molar-refractivity contribution in [2.75, 3.05) is 33.5 Å². The van der Waals surface area contributed by atoms with Crippen molar-refractivity contribution in [3.8, 4) is 0 Å². The molecule has 0 saturated heterocycles. The Morgan fingerprint density at radius 3 is 2.58 bits per heavy atom. The number of aryl methyl sites for hydroxylation is 1. The molecule has 0 aliphatic carbocycles. The van der Waals surface area contributed by atoms with E-state index in [-0.39, 0.29) is 5.91 Å². The average molecular weight is 265 g/mol. The molecule has 19 heavy (non-hydrogen) atoms. The number of carbonyl (C=O) groups excluding carboxylic acids is 1. The molecule has 1 N–H and O–H groups in total. The lowest BCUT2D eigenvalue weighted by atomic mass is 10.1. The molecule has 0 radical (unpaired) electrons. The molecule has 1 aromatic rings. The normalized spacial score (nSPS) is 10.4. The van der Waals surface area contributed by atoms with Crippen molar-refractivity contribution >= 4 is 5.91 Å². The van der Waals surface area contributed by atoms with E-state index in [0.717, 1.165) is 12.0 Å². The van der Waals surface area contributed by atoms with Crippen molar-refractivity contribution in [2.45, 2.75) is 19.8 Å². The van der Waals surface area contributed by atoms with Crippen LogP contribution in [0.1, 0.15) is 17.5 Å². The maximum Gasteiger partial charge on any atom is 0.224 e. The van der Waals surface area contributed by atoms with Crippen molar-refractivity contribution in [3.63, 3.8) is 0 Å². The first-order valence-corrected chi connectivity index (χ1v) is 6.61. The van der Waals surface area contributed by atoms with Crippen LogP contribution < -0.4 is 5.32 Å². The van der Waals surface area contributed by atoms with Crippen LogP contribution in [0.4, 0.5) is 0 Å². The van der Waals surface area contributed by atoms with Crippen LogP contribution in [0.15, 0.2) is 24.3 Å². The summed E-state index contributed by atoms with van der Waals surface area (Å²) in [5.41, 5.74) is 2.25. The zero-order valence-electron chi connectivity index (χ0n) is 11.8. The maximum atomic E-state index is 11.7. The Balaban J connectivity index is 2.06. The highest BCUT2D eigenvalue weighted by Gasteiger charge is 2.02. The molecule has 1 rings (SSSR count). The Morgan fingerprint density at radius 1 is 1.16 bits per heavy atom. The van der Waals surface area contributed by atoms with E-state index in [9.17, 15) is 4.79 Å². The van der Waals surface area contributed by atoms with E-state index in [1.165, 1.54) is 5.56 Å². The van der Waals surface area contributed by atoms with Gasteiger partial charge in [0.2, 0.25) is 5.91 Å². The molecule has 0 bridgehead atoms. The van der Waals surface area contributed by atoms with Gasteiger partial charge in [-0.3, -0.25) is 4.79 Å². The highest BCUT2D eigenvalue weighted by atomic mass is 16.5. The Bertz CT molecular complexity index is 362. The zero-order chi connectivity index (χ0) is 13.9. The van der Waals surface area contributed by atoms with Crippen molar-refractivity contribution < 1.29 is 14.3 Å². The smallest absolute Gasteiger partial charge is 0.224 e. The van der Waals surface area contributed by atoms with E-state index < -0.39 is 0 Å². The molecule has 0 aliphatic heterocycles. The molecule has 0 unspecified atom stereocenters. The molecule has 0 fully saturated rings. The molecular weight excluding hydrogens is 242 g/mol. The monoisotopic (exact) mass is 265 g/mol. The summed E-state index contributed by atoms with van der Waals surface area (Å²) >= 11 is 0. The van der Waals surface area contributed by atoms with E-state index in [0.29, 0.717) is 32.8 Å². The summed E-state index contributed by atoms with van der Waals surface area (Å²) in [5, 5.41) is 2.89. The number of ether oxygens (including phenoxy) is 2. The Labute approximate surface area is 115 Å². The first kappa shape index (κ1) is 15.7. The van der Waals surface area contributed by atoms with E-state index in [1.807, 2.05) is 31.2 Å². The topological polar surface area (TPSA) is 47.6 Å². The third-order valence-corrected chi connectivity index (χ3v) is 2.70. The number of nitrogens with one attached hydrogen (secondary N) is 1. The van der Waals surface area contributed by atoms with Crippen molar-refractivity contribution in [1.82, 2.24) is 5.32 Å². The van der Waals surface area contributed by atoms with Gasteiger partial charge in [0, 0.05) is 20.3 Å². The molecule has 1 aromatic carbocycles. The summed E-state index contributed by atoms with van der Waals surface area (Å²) in [5.74, 6) is 0.0562. The fourth-order valence-corrected chi connectivity index (χ4v) is 1.60. The van der Waals surface area contributed by atoms with Gasteiger partial charge in [-0.05, 0) is 18.9 Å². The second-order valence-electron chi connectivity index (χ2n) is 4.47. The minimum atomic E-state index is 0.0562. The quantitative estimate of drug-likeness (QED) is 0.691. The third kappa shape index (κ3) is 7.59. The second kappa shape index (κ2) is 9.53. The van der Waals surface area contributed by atoms with Crippen LogP contribution in [0.3, 0.4) is 0 Å². The number of amides is 1. The Morgan fingerprint density at radius 2 is 1.89 bits per heavy atom. The van der Waals surface area contributed by atoms with Crippen molar-refractivity contribution in [2.24, 2.45) is 0 Å². The molecule has 106 valence electrons. The van der Waals surface area contributed by atoms with E-state index in [2.05, 4.69) is 5.32 Å². The standard InChI is InChI=1S/C15H23NO3/c1-13-4-6-14(7-5-13)12-15(17)16-8-3-9-19-11-10-18-2/h4-7H,3,8-12H2,1-2H3,(H,16,17). The van der Waals surface area contributed by atoms with Crippen LogP contribution in [0, 0.1) is 6.92 Å². The largest absolute Gasteiger partial charge is 0.382 e. The number of benzene rings is 1. The number of rotatable bonds is 9. The molecule has 0 heterocycles. The van der Waals surface area contributed by atoms with Gasteiger partial charge in [0.25, 0.3) is 0 Å². The van der Waals surface area contributed by atoms with Crippen LogP contribution in [0.25, 0.3) is 0 Å². The van der Waals surface area contributed by atoms with Crippen molar-refractivity contribution in [1.29, 1.82) is 0 Å². The molecular formula is C15H23NO3. The Hall–Kier alpha value is -1.39. The summed E-state index contributed by atoms with van der Waals surface area (Å²) in [6, 6.07) is 8.02. The first-order valence-electron chi connectivity index (χ1n) is 6.61. The first-order chi connectivity index (χ1) is 9.22. The van der Waals surface area contributed by atoms with E-state index >= 15 is 0 Å². The molecule has 4 nitrogen and oxygen atoms in total. The predicted molar refractivity (Wildman–Crippen MR) is 75.2 cm³/mol. The lowest BCUT2D eigenvalue weighted by Crippen LogP contribution is -2.26.